The molecule has 9 rings (SSSR count). The zero-order chi connectivity index (χ0) is 47.9. The number of hydrogen-bond donors (Lipinski definition) is 2. The summed E-state index contributed by atoms with van der Waals surface area (Å²) in [6, 6.07) is 10.9. The molecule has 6 aromatic rings. The number of nitrogens with zero attached hydrogens (tertiary/aromatic N) is 9. The van der Waals surface area contributed by atoms with Crippen LogP contribution in [0.4, 0.5) is 28.8 Å². The molecule has 67 heavy (non-hydrogen) atoms. The molecule has 0 aliphatic carbocycles. The van der Waals surface area contributed by atoms with Crippen molar-refractivity contribution in [2.24, 2.45) is 28.2 Å². The minimum atomic E-state index is -0.546. The Hall–Kier alpha value is -6.61. The molecule has 0 saturated carbocycles. The van der Waals surface area contributed by atoms with E-state index in [9.17, 15) is 19.2 Å². The summed E-state index contributed by atoms with van der Waals surface area (Å²) in [7, 11) is 9.68. The van der Waals surface area contributed by atoms with Crippen LogP contribution in [0.5, 0.6) is 0 Å². The number of nitrogens with one attached hydrogen (secondary N) is 2. The molecule has 3 aliphatic rings. The van der Waals surface area contributed by atoms with Crippen molar-refractivity contribution in [3.8, 4) is 11.1 Å². The van der Waals surface area contributed by atoms with E-state index in [-0.39, 0.29) is 17.0 Å². The van der Waals surface area contributed by atoms with E-state index in [0.29, 0.717) is 77.3 Å². The lowest BCUT2D eigenvalue weighted by Gasteiger charge is -2.32. The van der Waals surface area contributed by atoms with Gasteiger partial charge in [-0.2, -0.15) is 10.2 Å². The van der Waals surface area contributed by atoms with Crippen molar-refractivity contribution in [2.45, 2.75) is 84.3 Å². The maximum absolute atomic E-state index is 13.7. The fourth-order valence-corrected chi connectivity index (χ4v) is 8.74. The van der Waals surface area contributed by atoms with Crippen LogP contribution in [0.3, 0.4) is 0 Å². The van der Waals surface area contributed by atoms with Crippen molar-refractivity contribution in [1.29, 1.82) is 0 Å². The summed E-state index contributed by atoms with van der Waals surface area (Å²) in [6.07, 6.45) is 9.67. The summed E-state index contributed by atoms with van der Waals surface area (Å²) in [5, 5.41) is 15.0. The molecular formula is C47H58BN11O8. The zero-order valence-corrected chi connectivity index (χ0v) is 39.8. The Labute approximate surface area is 388 Å². The molecule has 1 amide bonds. The van der Waals surface area contributed by atoms with Gasteiger partial charge in [0.1, 0.15) is 17.2 Å². The molecule has 0 unspecified atom stereocenters. The van der Waals surface area contributed by atoms with Gasteiger partial charge in [-0.25, -0.2) is 4.98 Å². The van der Waals surface area contributed by atoms with Crippen molar-refractivity contribution in [2.75, 3.05) is 36.3 Å². The van der Waals surface area contributed by atoms with Crippen LogP contribution in [0.25, 0.3) is 11.1 Å². The van der Waals surface area contributed by atoms with Crippen LogP contribution in [0.15, 0.2) is 64.6 Å². The fourth-order valence-electron chi connectivity index (χ4n) is 8.74. The van der Waals surface area contributed by atoms with Gasteiger partial charge < -0.3 is 43.1 Å². The van der Waals surface area contributed by atoms with Crippen LogP contribution < -0.4 is 32.1 Å². The number of carbonyl (C=O) groups is 2. The van der Waals surface area contributed by atoms with Gasteiger partial charge in [0.25, 0.3) is 17.0 Å². The molecule has 0 bridgehead atoms. The number of rotatable bonds is 12. The third-order valence-electron chi connectivity index (χ3n) is 13.0. The largest absolute Gasteiger partial charge is 0.496 e. The first kappa shape index (κ1) is 46.9. The Morgan fingerprint density at radius 3 is 1.96 bits per heavy atom. The Kier molecular flexibility index (Phi) is 13.0. The Morgan fingerprint density at radius 2 is 1.36 bits per heavy atom. The second-order valence-corrected chi connectivity index (χ2v) is 18.2. The van der Waals surface area contributed by atoms with Crippen molar-refractivity contribution in [3.05, 3.63) is 110 Å². The summed E-state index contributed by atoms with van der Waals surface area (Å²) < 4.78 is 31.2. The summed E-state index contributed by atoms with van der Waals surface area (Å²) >= 11 is 0. The number of hydrogen-bond acceptors (Lipinski definition) is 13. The fraction of sp³-hybridized carbons (Fsp3) is 0.426. The number of aldehydes is 1. The summed E-state index contributed by atoms with van der Waals surface area (Å²) in [6.45, 7) is 10.2. The van der Waals surface area contributed by atoms with Crippen LogP contribution in [0.2, 0.25) is 0 Å². The van der Waals surface area contributed by atoms with E-state index in [4.69, 9.17) is 18.8 Å². The normalized spacial score (nSPS) is 16.1. The third-order valence-corrected chi connectivity index (χ3v) is 13.0. The first-order valence-electron chi connectivity index (χ1n) is 22.3. The SMILES string of the molecule is COCc1cc(Nc2cc(-c3ccnc(N4CCc5c(cc6n5CCCC6)C4=O)c3C=O)cn(C)c2=O)nn1C.COCc1cc(Nc2cc(B3OC(C)(C)C(C)(C)O3)cn(C)c2=O)nn1C. The van der Waals surface area contributed by atoms with Crippen LogP contribution in [0, 0.1) is 0 Å². The molecule has 0 aromatic carbocycles. The number of pyridine rings is 3. The van der Waals surface area contributed by atoms with E-state index in [0.717, 1.165) is 54.6 Å². The summed E-state index contributed by atoms with van der Waals surface area (Å²) in [5.74, 6) is 1.26. The highest BCUT2D eigenvalue weighted by Gasteiger charge is 2.52. The molecule has 2 N–H and O–H groups in total. The van der Waals surface area contributed by atoms with Gasteiger partial charge in [-0.05, 0) is 76.8 Å². The lowest BCUT2D eigenvalue weighted by atomic mass is 9.80. The van der Waals surface area contributed by atoms with Gasteiger partial charge in [0.2, 0.25) is 0 Å². The predicted molar refractivity (Wildman–Crippen MR) is 255 cm³/mol. The molecule has 9 heterocycles. The quantitative estimate of drug-likeness (QED) is 0.129. The number of aryl methyl sites for hydroxylation is 5. The molecule has 1 saturated heterocycles. The average molecular weight is 916 g/mol. The van der Waals surface area contributed by atoms with E-state index in [1.54, 1.807) is 86.4 Å². The van der Waals surface area contributed by atoms with E-state index in [2.05, 4.69) is 30.4 Å². The number of ether oxygens (including phenoxy) is 2. The van der Waals surface area contributed by atoms with E-state index < -0.39 is 18.3 Å². The second-order valence-electron chi connectivity index (χ2n) is 18.2. The smallest absolute Gasteiger partial charge is 0.399 e. The maximum Gasteiger partial charge on any atom is 0.496 e. The van der Waals surface area contributed by atoms with Crippen LogP contribution in [0.1, 0.15) is 84.0 Å². The van der Waals surface area contributed by atoms with Crippen LogP contribution in [-0.4, -0.2) is 89.5 Å². The average Bonchev–Trinajstić information content (AvgIpc) is 4.01. The first-order chi connectivity index (χ1) is 31.9. The Balaban J connectivity index is 0.000000197. The van der Waals surface area contributed by atoms with Gasteiger partial charge >= 0.3 is 7.12 Å². The number of fused-ring (bicyclic) bond motifs is 3. The molecule has 0 spiro atoms. The van der Waals surface area contributed by atoms with Crippen LogP contribution >= 0.6 is 0 Å². The molecule has 20 heteroatoms. The predicted octanol–water partition coefficient (Wildman–Crippen LogP) is 4.53. The van der Waals surface area contributed by atoms with E-state index in [1.807, 2.05) is 52.9 Å². The highest BCUT2D eigenvalue weighted by molar-refractivity contribution is 6.62. The highest BCUT2D eigenvalue weighted by atomic mass is 16.7. The zero-order valence-electron chi connectivity index (χ0n) is 39.8. The van der Waals surface area contributed by atoms with Crippen molar-refractivity contribution >= 4 is 53.6 Å². The van der Waals surface area contributed by atoms with E-state index in [1.165, 1.54) is 14.8 Å². The number of anilines is 5. The van der Waals surface area contributed by atoms with Crippen molar-refractivity contribution in [1.82, 2.24) is 38.2 Å². The molecule has 3 aliphatic heterocycles. The lowest BCUT2D eigenvalue weighted by molar-refractivity contribution is 0.00578. The number of amides is 1. The van der Waals surface area contributed by atoms with Gasteiger partial charge in [0.15, 0.2) is 17.9 Å². The van der Waals surface area contributed by atoms with Gasteiger partial charge in [-0.1, -0.05) is 0 Å². The molecular weight excluding hydrogens is 857 g/mol. The summed E-state index contributed by atoms with van der Waals surface area (Å²) in [4.78, 5) is 57.8. The summed E-state index contributed by atoms with van der Waals surface area (Å²) in [5.41, 5.74) is 6.42. The Morgan fingerprint density at radius 1 is 0.761 bits per heavy atom. The molecule has 0 atom stereocenters. The van der Waals surface area contributed by atoms with Gasteiger partial charge in [0.05, 0.1) is 46.9 Å². The molecule has 0 radical (unpaired) electrons. The standard InChI is InChI=1S/C29H31N7O4.C18H27BN4O4/c1-33-15-18(12-24(29(33)39)31-26-14-20(17-40-3)34(2)32-26)21-7-9-30-27(23(21)16-37)36-11-8-25-22(28(36)38)13-19-6-4-5-10-35(19)25;1-17(2)18(3,4)27-19(26-17)12-8-14(16(24)22(5)10-12)20-15-9-13(11-25-7)23(6)21-15/h7,9,12-16H,4-6,8,10-11,17H2,1-3H3,(H,31,32);8-10H,11H2,1-7H3,(H,20,21). The van der Waals surface area contributed by atoms with Crippen molar-refractivity contribution < 1.29 is 28.4 Å². The molecule has 19 nitrogen and oxygen atoms in total. The first-order valence-corrected chi connectivity index (χ1v) is 22.3. The minimum absolute atomic E-state index is 0.138. The number of aromatic nitrogens is 8. The van der Waals surface area contributed by atoms with Gasteiger partial charge in [-0.15, -0.1) is 0 Å². The highest BCUT2D eigenvalue weighted by Crippen LogP contribution is 2.37. The minimum Gasteiger partial charge on any atom is -0.399 e. The van der Waals surface area contributed by atoms with E-state index >= 15 is 0 Å². The van der Waals surface area contributed by atoms with Crippen molar-refractivity contribution in [3.63, 3.8) is 0 Å². The van der Waals surface area contributed by atoms with Crippen LogP contribution in [-0.2, 0) is 79.6 Å². The maximum atomic E-state index is 13.7. The monoisotopic (exact) mass is 915 g/mol. The topological polar surface area (TPSA) is 196 Å². The molecule has 6 aromatic heterocycles. The number of carbonyl (C=O) groups excluding carboxylic acids is 2. The molecule has 1 fully saturated rings. The lowest BCUT2D eigenvalue weighted by Crippen LogP contribution is -2.41. The Bertz CT molecular complexity index is 2960. The van der Waals surface area contributed by atoms with Gasteiger partial charge in [0, 0.05) is 115 Å². The third kappa shape index (κ3) is 9.13. The molecule has 352 valence electrons. The van der Waals surface area contributed by atoms with Gasteiger partial charge in [-0.3, -0.25) is 33.4 Å². The second kappa shape index (κ2) is 18.6. The number of methoxy groups -OCH3 is 2.